The summed E-state index contributed by atoms with van der Waals surface area (Å²) < 4.78 is 22.1. The Balaban J connectivity index is 1.89. The van der Waals surface area contributed by atoms with Crippen molar-refractivity contribution in [2.45, 2.75) is 24.8 Å². The van der Waals surface area contributed by atoms with Gasteiger partial charge in [-0.1, -0.05) is 30.3 Å². The van der Waals surface area contributed by atoms with Gasteiger partial charge in [0.05, 0.1) is 11.8 Å². The van der Waals surface area contributed by atoms with Crippen LogP contribution in [-0.4, -0.2) is 32.3 Å². The Labute approximate surface area is 113 Å². The SMILES string of the molecule is CS(=O)(=O)CCC(N)C(=O)C1CC1c1ccccc1. The fourth-order valence-corrected chi connectivity index (χ4v) is 3.02. The van der Waals surface area contributed by atoms with Gasteiger partial charge in [0.2, 0.25) is 0 Å². The maximum Gasteiger partial charge on any atom is 0.153 e. The minimum Gasteiger partial charge on any atom is -0.321 e. The van der Waals surface area contributed by atoms with Crippen LogP contribution in [-0.2, 0) is 14.6 Å². The molecule has 4 nitrogen and oxygen atoms in total. The van der Waals surface area contributed by atoms with Crippen molar-refractivity contribution in [3.05, 3.63) is 35.9 Å². The number of Topliss-reactive ketones (excluding diaryl/α,β-unsaturated/α-hetero) is 1. The third-order valence-electron chi connectivity index (χ3n) is 3.55. The summed E-state index contributed by atoms with van der Waals surface area (Å²) in [6.07, 6.45) is 2.21. The Kier molecular flexibility index (Phi) is 4.06. The highest BCUT2D eigenvalue weighted by molar-refractivity contribution is 7.90. The van der Waals surface area contributed by atoms with E-state index in [-0.39, 0.29) is 29.8 Å². The van der Waals surface area contributed by atoms with E-state index in [2.05, 4.69) is 0 Å². The summed E-state index contributed by atoms with van der Waals surface area (Å²) in [5.41, 5.74) is 6.95. The normalized spacial score (nSPS) is 23.9. The van der Waals surface area contributed by atoms with E-state index < -0.39 is 15.9 Å². The topological polar surface area (TPSA) is 77.2 Å². The van der Waals surface area contributed by atoms with Crippen LogP contribution in [0.1, 0.15) is 24.3 Å². The second kappa shape index (κ2) is 5.43. The monoisotopic (exact) mass is 281 g/mol. The molecule has 1 saturated carbocycles. The van der Waals surface area contributed by atoms with E-state index in [9.17, 15) is 13.2 Å². The third-order valence-corrected chi connectivity index (χ3v) is 4.53. The van der Waals surface area contributed by atoms with Gasteiger partial charge < -0.3 is 5.73 Å². The molecule has 0 radical (unpaired) electrons. The summed E-state index contributed by atoms with van der Waals surface area (Å²) in [5.74, 6) is 0.204. The lowest BCUT2D eigenvalue weighted by atomic mass is 10.0. The van der Waals surface area contributed by atoms with Crippen molar-refractivity contribution in [1.29, 1.82) is 0 Å². The minimum atomic E-state index is -3.06. The molecule has 1 aliphatic carbocycles. The summed E-state index contributed by atoms with van der Waals surface area (Å²) >= 11 is 0. The quantitative estimate of drug-likeness (QED) is 0.847. The lowest BCUT2D eigenvalue weighted by Gasteiger charge is -2.09. The average molecular weight is 281 g/mol. The Morgan fingerprint density at radius 3 is 2.58 bits per heavy atom. The van der Waals surface area contributed by atoms with Gasteiger partial charge in [-0.05, 0) is 24.3 Å². The first-order valence-corrected chi connectivity index (χ1v) is 8.46. The van der Waals surface area contributed by atoms with Crippen LogP contribution < -0.4 is 5.73 Å². The average Bonchev–Trinajstić information content (AvgIpc) is 3.15. The molecule has 2 N–H and O–H groups in total. The van der Waals surface area contributed by atoms with Gasteiger partial charge in [0.25, 0.3) is 0 Å². The molecule has 0 amide bonds. The van der Waals surface area contributed by atoms with Crippen LogP contribution in [0.15, 0.2) is 30.3 Å². The number of carbonyl (C=O) groups is 1. The molecule has 0 aliphatic heterocycles. The molecule has 0 heterocycles. The first-order valence-electron chi connectivity index (χ1n) is 6.40. The molecular weight excluding hydrogens is 262 g/mol. The second-order valence-electron chi connectivity index (χ2n) is 5.29. The Morgan fingerprint density at radius 2 is 2.00 bits per heavy atom. The number of rotatable bonds is 6. The summed E-state index contributed by atoms with van der Waals surface area (Å²) in [7, 11) is -3.06. The molecule has 0 bridgehead atoms. The van der Waals surface area contributed by atoms with Crippen molar-refractivity contribution in [2.24, 2.45) is 11.7 Å². The lowest BCUT2D eigenvalue weighted by Crippen LogP contribution is -2.34. The number of sulfone groups is 1. The molecule has 3 atom stereocenters. The largest absolute Gasteiger partial charge is 0.321 e. The van der Waals surface area contributed by atoms with Crippen LogP contribution in [0, 0.1) is 5.92 Å². The van der Waals surface area contributed by atoms with Gasteiger partial charge in [0.1, 0.15) is 9.84 Å². The maximum absolute atomic E-state index is 12.1. The molecule has 104 valence electrons. The van der Waals surface area contributed by atoms with Gasteiger partial charge in [0, 0.05) is 12.2 Å². The zero-order valence-corrected chi connectivity index (χ0v) is 11.8. The van der Waals surface area contributed by atoms with Crippen LogP contribution in [0.5, 0.6) is 0 Å². The highest BCUT2D eigenvalue weighted by Gasteiger charge is 2.45. The Hall–Kier alpha value is -1.20. The smallest absolute Gasteiger partial charge is 0.153 e. The van der Waals surface area contributed by atoms with Crippen molar-refractivity contribution >= 4 is 15.6 Å². The van der Waals surface area contributed by atoms with Gasteiger partial charge in [-0.15, -0.1) is 0 Å². The standard InChI is InChI=1S/C14H19NO3S/c1-19(17,18)8-7-13(15)14(16)12-9-11(12)10-5-3-2-4-6-10/h2-6,11-13H,7-9,15H2,1H3. The summed E-state index contributed by atoms with van der Waals surface area (Å²) in [4.78, 5) is 12.1. The van der Waals surface area contributed by atoms with E-state index in [1.807, 2.05) is 30.3 Å². The highest BCUT2D eigenvalue weighted by atomic mass is 32.2. The van der Waals surface area contributed by atoms with Crippen LogP contribution in [0.25, 0.3) is 0 Å². The van der Waals surface area contributed by atoms with Crippen LogP contribution in [0.4, 0.5) is 0 Å². The summed E-state index contributed by atoms with van der Waals surface area (Å²) in [6.45, 7) is 0. The number of ketones is 1. The van der Waals surface area contributed by atoms with Gasteiger partial charge >= 0.3 is 0 Å². The minimum absolute atomic E-state index is 0.00231. The molecule has 1 aromatic rings. The number of nitrogens with two attached hydrogens (primary N) is 1. The van der Waals surface area contributed by atoms with Crippen LogP contribution in [0.2, 0.25) is 0 Å². The molecule has 0 spiro atoms. The predicted octanol–water partition coefficient (Wildman–Crippen LogP) is 1.12. The zero-order valence-electron chi connectivity index (χ0n) is 11.0. The zero-order chi connectivity index (χ0) is 14.0. The number of hydrogen-bond acceptors (Lipinski definition) is 4. The molecular formula is C14H19NO3S. The molecule has 19 heavy (non-hydrogen) atoms. The third kappa shape index (κ3) is 3.88. The van der Waals surface area contributed by atoms with E-state index in [0.717, 1.165) is 18.2 Å². The highest BCUT2D eigenvalue weighted by Crippen LogP contribution is 2.48. The summed E-state index contributed by atoms with van der Waals surface area (Å²) in [6, 6.07) is 9.23. The van der Waals surface area contributed by atoms with Gasteiger partial charge in [-0.25, -0.2) is 8.42 Å². The first kappa shape index (κ1) is 14.2. The molecule has 2 rings (SSSR count). The van der Waals surface area contributed by atoms with Crippen LogP contribution in [0.3, 0.4) is 0 Å². The van der Waals surface area contributed by atoms with Crippen molar-refractivity contribution in [3.63, 3.8) is 0 Å². The molecule has 1 fully saturated rings. The number of benzene rings is 1. The summed E-state index contributed by atoms with van der Waals surface area (Å²) in [5, 5.41) is 0. The van der Waals surface area contributed by atoms with E-state index in [1.165, 1.54) is 0 Å². The van der Waals surface area contributed by atoms with Crippen LogP contribution >= 0.6 is 0 Å². The van der Waals surface area contributed by atoms with Gasteiger partial charge in [-0.2, -0.15) is 0 Å². The van der Waals surface area contributed by atoms with Gasteiger partial charge in [0.15, 0.2) is 5.78 Å². The Bertz CT molecular complexity index is 553. The molecule has 5 heteroatoms. The molecule has 0 saturated heterocycles. The lowest BCUT2D eigenvalue weighted by molar-refractivity contribution is -0.121. The van der Waals surface area contributed by atoms with E-state index in [0.29, 0.717) is 0 Å². The molecule has 1 aliphatic rings. The molecule has 1 aromatic carbocycles. The van der Waals surface area contributed by atoms with Gasteiger partial charge in [-0.3, -0.25) is 4.79 Å². The fraction of sp³-hybridized carbons (Fsp3) is 0.500. The second-order valence-corrected chi connectivity index (χ2v) is 7.55. The van der Waals surface area contributed by atoms with Crippen molar-refractivity contribution in [2.75, 3.05) is 12.0 Å². The van der Waals surface area contributed by atoms with E-state index in [4.69, 9.17) is 5.73 Å². The predicted molar refractivity (Wildman–Crippen MR) is 74.6 cm³/mol. The number of hydrogen-bond donors (Lipinski definition) is 1. The first-order chi connectivity index (χ1) is 8.88. The fourth-order valence-electron chi connectivity index (χ4n) is 2.34. The molecule has 3 unspecified atom stereocenters. The maximum atomic E-state index is 12.1. The van der Waals surface area contributed by atoms with E-state index >= 15 is 0 Å². The Morgan fingerprint density at radius 1 is 1.37 bits per heavy atom. The van der Waals surface area contributed by atoms with E-state index in [1.54, 1.807) is 0 Å². The van der Waals surface area contributed by atoms with Crippen molar-refractivity contribution in [3.8, 4) is 0 Å². The number of carbonyl (C=O) groups excluding carboxylic acids is 1. The molecule has 0 aromatic heterocycles. The van der Waals surface area contributed by atoms with Crippen molar-refractivity contribution in [1.82, 2.24) is 0 Å². The van der Waals surface area contributed by atoms with Crippen molar-refractivity contribution < 1.29 is 13.2 Å².